The van der Waals surface area contributed by atoms with Crippen molar-refractivity contribution in [2.24, 2.45) is 0 Å². The van der Waals surface area contributed by atoms with E-state index in [1.807, 2.05) is 24.3 Å². The van der Waals surface area contributed by atoms with Crippen LogP contribution >= 0.6 is 0 Å². The van der Waals surface area contributed by atoms with Gasteiger partial charge in [0.05, 0.1) is 18.9 Å². The van der Waals surface area contributed by atoms with Crippen LogP contribution in [-0.2, 0) is 0 Å². The van der Waals surface area contributed by atoms with E-state index in [-0.39, 0.29) is 0 Å². The van der Waals surface area contributed by atoms with Gasteiger partial charge in [0, 0.05) is 11.8 Å². The highest BCUT2D eigenvalue weighted by atomic mass is 16.5. The summed E-state index contributed by atoms with van der Waals surface area (Å²) in [5.41, 5.74) is 0.773. The molecule has 0 spiro atoms. The van der Waals surface area contributed by atoms with Gasteiger partial charge in [0.1, 0.15) is 0 Å². The van der Waals surface area contributed by atoms with Crippen LogP contribution in [0.15, 0.2) is 34.9 Å². The number of nitrogens with zero attached hydrogens (tertiary/aromatic N) is 1. The van der Waals surface area contributed by atoms with Gasteiger partial charge in [0.25, 0.3) is 0 Å². The van der Waals surface area contributed by atoms with Gasteiger partial charge in [-0.25, -0.2) is 0 Å². The van der Waals surface area contributed by atoms with Crippen LogP contribution in [0, 0.1) is 11.3 Å². The quantitative estimate of drug-likeness (QED) is 0.714. The van der Waals surface area contributed by atoms with E-state index in [0.717, 1.165) is 23.1 Å². The molecular formula is C12H11NO2. The third-order valence-corrected chi connectivity index (χ3v) is 2.13. The summed E-state index contributed by atoms with van der Waals surface area (Å²) in [6, 6.07) is 9.76. The number of unbranched alkanes of at least 4 members (excludes halogenated alkanes) is 1. The average molecular weight is 201 g/mol. The van der Waals surface area contributed by atoms with Crippen LogP contribution in [0.3, 0.4) is 0 Å². The summed E-state index contributed by atoms with van der Waals surface area (Å²) in [6.45, 7) is 0.549. The fourth-order valence-corrected chi connectivity index (χ4v) is 1.41. The molecule has 2 aromatic rings. The maximum atomic E-state index is 8.38. The van der Waals surface area contributed by atoms with E-state index < -0.39 is 0 Å². The zero-order valence-electron chi connectivity index (χ0n) is 8.27. The van der Waals surface area contributed by atoms with Gasteiger partial charge in [-0.2, -0.15) is 5.26 Å². The lowest BCUT2D eigenvalue weighted by molar-refractivity contribution is 0.311. The highest BCUT2D eigenvalue weighted by Gasteiger charge is 2.03. The molecular weight excluding hydrogens is 190 g/mol. The number of furan rings is 1. The lowest BCUT2D eigenvalue weighted by Crippen LogP contribution is -1.96. The zero-order chi connectivity index (χ0) is 10.5. The largest absolute Gasteiger partial charge is 0.490 e. The van der Waals surface area contributed by atoms with E-state index in [4.69, 9.17) is 14.4 Å². The Balaban J connectivity index is 2.08. The second kappa shape index (κ2) is 4.52. The van der Waals surface area contributed by atoms with Gasteiger partial charge in [-0.05, 0) is 18.6 Å². The van der Waals surface area contributed by atoms with Gasteiger partial charge in [-0.1, -0.05) is 12.1 Å². The van der Waals surface area contributed by atoms with E-state index in [1.165, 1.54) is 0 Å². The lowest BCUT2D eigenvalue weighted by Gasteiger charge is -2.04. The van der Waals surface area contributed by atoms with Crippen molar-refractivity contribution in [1.82, 2.24) is 0 Å². The van der Waals surface area contributed by atoms with E-state index in [9.17, 15) is 0 Å². The maximum absolute atomic E-state index is 8.38. The first-order valence-electron chi connectivity index (χ1n) is 4.88. The Hall–Kier alpha value is -1.95. The first-order chi connectivity index (χ1) is 7.42. The number of fused-ring (bicyclic) bond motifs is 1. The second-order valence-electron chi connectivity index (χ2n) is 3.21. The molecule has 3 heteroatoms. The van der Waals surface area contributed by atoms with E-state index in [1.54, 1.807) is 6.26 Å². The molecule has 0 radical (unpaired) electrons. The third-order valence-electron chi connectivity index (χ3n) is 2.13. The molecule has 0 atom stereocenters. The predicted octanol–water partition coefficient (Wildman–Crippen LogP) is 3.12. The van der Waals surface area contributed by atoms with E-state index >= 15 is 0 Å². The Bertz CT molecular complexity index is 482. The lowest BCUT2D eigenvalue weighted by atomic mass is 10.2. The van der Waals surface area contributed by atoms with Crippen LogP contribution in [0.2, 0.25) is 0 Å². The SMILES string of the molecule is N#CCCCOc1cccc2ccoc12. The number of rotatable bonds is 4. The summed E-state index contributed by atoms with van der Waals surface area (Å²) < 4.78 is 10.9. The van der Waals surface area contributed by atoms with Gasteiger partial charge in [0.15, 0.2) is 11.3 Å². The number of ether oxygens (including phenoxy) is 1. The van der Waals surface area contributed by atoms with Crippen LogP contribution in [0.4, 0.5) is 0 Å². The fourth-order valence-electron chi connectivity index (χ4n) is 1.41. The predicted molar refractivity (Wildman–Crippen MR) is 56.6 cm³/mol. The number of benzene rings is 1. The van der Waals surface area contributed by atoms with Crippen molar-refractivity contribution in [3.63, 3.8) is 0 Å². The molecule has 76 valence electrons. The minimum Gasteiger partial charge on any atom is -0.490 e. The van der Waals surface area contributed by atoms with Crippen molar-refractivity contribution >= 4 is 11.0 Å². The summed E-state index contributed by atoms with van der Waals surface area (Å²) in [4.78, 5) is 0. The molecule has 0 saturated heterocycles. The minimum atomic E-state index is 0.522. The third kappa shape index (κ3) is 2.10. The van der Waals surface area contributed by atoms with Gasteiger partial charge >= 0.3 is 0 Å². The van der Waals surface area contributed by atoms with Crippen molar-refractivity contribution < 1.29 is 9.15 Å². The van der Waals surface area contributed by atoms with Gasteiger partial charge in [-0.15, -0.1) is 0 Å². The zero-order valence-corrected chi connectivity index (χ0v) is 8.27. The van der Waals surface area contributed by atoms with Crippen LogP contribution < -0.4 is 4.74 Å². The Morgan fingerprint density at radius 3 is 3.13 bits per heavy atom. The topological polar surface area (TPSA) is 46.2 Å². The summed E-state index contributed by atoms with van der Waals surface area (Å²) in [6.07, 6.45) is 2.91. The molecule has 15 heavy (non-hydrogen) atoms. The normalized spacial score (nSPS) is 10.1. The van der Waals surface area contributed by atoms with Crippen LogP contribution in [0.1, 0.15) is 12.8 Å². The minimum absolute atomic E-state index is 0.522. The second-order valence-corrected chi connectivity index (χ2v) is 3.21. The summed E-state index contributed by atoms with van der Waals surface area (Å²) in [5.74, 6) is 0.746. The fraction of sp³-hybridized carbons (Fsp3) is 0.250. The molecule has 0 aliphatic rings. The van der Waals surface area contributed by atoms with Crippen molar-refractivity contribution in [1.29, 1.82) is 5.26 Å². The van der Waals surface area contributed by atoms with Gasteiger partial charge < -0.3 is 9.15 Å². The molecule has 0 saturated carbocycles. The smallest absolute Gasteiger partial charge is 0.175 e. The van der Waals surface area contributed by atoms with Crippen LogP contribution in [-0.4, -0.2) is 6.61 Å². The number of para-hydroxylation sites is 1. The molecule has 0 aliphatic carbocycles. The van der Waals surface area contributed by atoms with Crippen molar-refractivity contribution in [3.05, 3.63) is 30.5 Å². The molecule has 0 N–H and O–H groups in total. The molecule has 0 amide bonds. The number of hydrogen-bond acceptors (Lipinski definition) is 3. The monoisotopic (exact) mass is 201 g/mol. The summed E-state index contributed by atoms with van der Waals surface area (Å²) in [7, 11) is 0. The molecule has 0 unspecified atom stereocenters. The standard InChI is InChI=1S/C12H11NO2/c13-7-1-2-8-14-11-5-3-4-10-6-9-15-12(10)11/h3-6,9H,1-2,8H2. The first-order valence-corrected chi connectivity index (χ1v) is 4.88. The molecule has 1 aromatic heterocycles. The molecule has 0 fully saturated rings. The molecule has 0 aliphatic heterocycles. The maximum Gasteiger partial charge on any atom is 0.175 e. The Labute approximate surface area is 87.9 Å². The Kier molecular flexibility index (Phi) is 2.89. The van der Waals surface area contributed by atoms with Gasteiger partial charge in [-0.3, -0.25) is 0 Å². The van der Waals surface area contributed by atoms with Crippen molar-refractivity contribution in [2.75, 3.05) is 6.61 Å². The van der Waals surface area contributed by atoms with Gasteiger partial charge in [0.2, 0.25) is 0 Å². The highest BCUT2D eigenvalue weighted by Crippen LogP contribution is 2.26. The summed E-state index contributed by atoms with van der Waals surface area (Å²) >= 11 is 0. The molecule has 1 heterocycles. The average Bonchev–Trinajstić information content (AvgIpc) is 2.73. The Morgan fingerprint density at radius 1 is 1.33 bits per heavy atom. The highest BCUT2D eigenvalue weighted by molar-refractivity contribution is 5.82. The molecule has 2 rings (SSSR count). The van der Waals surface area contributed by atoms with Crippen LogP contribution in [0.5, 0.6) is 5.75 Å². The van der Waals surface area contributed by atoms with E-state index in [0.29, 0.717) is 13.0 Å². The Morgan fingerprint density at radius 2 is 2.27 bits per heavy atom. The van der Waals surface area contributed by atoms with Crippen molar-refractivity contribution in [3.8, 4) is 11.8 Å². The molecule has 0 bridgehead atoms. The van der Waals surface area contributed by atoms with Crippen LogP contribution in [0.25, 0.3) is 11.0 Å². The van der Waals surface area contributed by atoms with Crippen molar-refractivity contribution in [2.45, 2.75) is 12.8 Å². The molecule has 1 aromatic carbocycles. The van der Waals surface area contributed by atoms with E-state index in [2.05, 4.69) is 6.07 Å². The first kappa shape index (κ1) is 9.60. The number of nitriles is 1. The summed E-state index contributed by atoms with van der Waals surface area (Å²) in [5, 5.41) is 9.41. The molecule has 3 nitrogen and oxygen atoms in total. The number of hydrogen-bond donors (Lipinski definition) is 0.